The number of nitrogen functional groups attached to an aromatic ring is 1. The van der Waals surface area contributed by atoms with Crippen LogP contribution in [-0.2, 0) is 31.6 Å². The van der Waals surface area contributed by atoms with Gasteiger partial charge in [-0.3, -0.25) is 9.09 Å². The average Bonchev–Trinajstić information content (AvgIpc) is 3.12. The fraction of sp³-hybridized carbons (Fsp3) is 0.500. The van der Waals surface area contributed by atoms with Crippen molar-refractivity contribution in [2.45, 2.75) is 24.5 Å². The van der Waals surface area contributed by atoms with E-state index < -0.39 is 54.6 Å². The first-order valence-corrected chi connectivity index (χ1v) is 12.9. The van der Waals surface area contributed by atoms with Gasteiger partial charge in [0.05, 0.1) is 12.9 Å². The molecule has 1 aliphatic rings. The van der Waals surface area contributed by atoms with Gasteiger partial charge in [-0.25, -0.2) is 18.7 Å². The third-order valence-electron chi connectivity index (χ3n) is 3.83. The molecule has 1 fully saturated rings. The molecule has 0 aliphatic carbocycles. The summed E-state index contributed by atoms with van der Waals surface area (Å²) < 4.78 is 51.9. The van der Waals surface area contributed by atoms with Crippen LogP contribution in [0.25, 0.3) is 11.2 Å². The molecule has 32 heavy (non-hydrogen) atoms. The summed E-state index contributed by atoms with van der Waals surface area (Å²) in [6.07, 6.45) is -5.05. The van der Waals surface area contributed by atoms with Crippen LogP contribution < -0.4 is 5.73 Å². The van der Waals surface area contributed by atoms with E-state index in [4.69, 9.17) is 36.8 Å². The predicted octanol–water partition coefficient (Wildman–Crippen LogP) is -0.976. The molecule has 180 valence electrons. The molecule has 0 aromatic carbocycles. The van der Waals surface area contributed by atoms with Crippen LogP contribution in [0.3, 0.4) is 0 Å². The van der Waals surface area contributed by atoms with Crippen LogP contribution in [0.5, 0.6) is 0 Å². The number of ether oxygens (including phenoxy) is 1. The van der Waals surface area contributed by atoms with Crippen LogP contribution in [0, 0.1) is 0 Å². The normalized spacial score (nSPS) is 28.0. The summed E-state index contributed by atoms with van der Waals surface area (Å²) in [5.74, 6) is -0.221. The predicted molar refractivity (Wildman–Crippen MR) is 100 cm³/mol. The van der Waals surface area contributed by atoms with E-state index in [1.54, 1.807) is 0 Å². The molecular weight excluding hydrogens is 527 g/mol. The summed E-state index contributed by atoms with van der Waals surface area (Å²) in [6, 6.07) is 0. The Kier molecular flexibility index (Phi) is 7.14. The highest BCUT2D eigenvalue weighted by Gasteiger charge is 2.47. The number of imidazole rings is 1. The zero-order valence-electron chi connectivity index (χ0n) is 15.2. The fourth-order valence-electron chi connectivity index (χ4n) is 2.65. The van der Waals surface area contributed by atoms with Gasteiger partial charge in [0.2, 0.25) is 5.95 Å². The molecule has 18 nitrogen and oxygen atoms in total. The number of nitrogens with two attached hydrogens (primary N) is 1. The van der Waals surface area contributed by atoms with Crippen LogP contribution in [0.1, 0.15) is 6.23 Å². The molecule has 0 amide bonds. The third kappa shape index (κ3) is 5.88. The Hall–Kier alpha value is -1.07. The van der Waals surface area contributed by atoms with E-state index in [1.807, 2.05) is 0 Å². The molecular formula is C10H15ClN5O13P3. The van der Waals surface area contributed by atoms with Crippen molar-refractivity contribution in [2.24, 2.45) is 0 Å². The molecule has 0 radical (unpaired) electrons. The summed E-state index contributed by atoms with van der Waals surface area (Å²) in [4.78, 5) is 47.2. The molecule has 2 aromatic heterocycles. The van der Waals surface area contributed by atoms with Crippen molar-refractivity contribution in [3.8, 4) is 0 Å². The molecule has 2 aromatic rings. The number of fused-ring (bicyclic) bond motifs is 1. The van der Waals surface area contributed by atoms with E-state index in [9.17, 15) is 28.8 Å². The standard InChI is InChI=1S/C10H15ClN5O13P3/c11-7-4-8(15-10(12)14-7)16(2-13-4)9-6(18)5(17)3(27-9)1-26-31(22,23)29-32(24,25)28-30(19,20)21/h2-3,5-6,9,17-18H,1H2,(H,22,23)(H,24,25)(H2,12,14,15)(H2,19,20,21)/t3-,5+,6?,9-/m1/s1. The van der Waals surface area contributed by atoms with Gasteiger partial charge in [0.25, 0.3) is 0 Å². The second-order valence-corrected chi connectivity index (χ2v) is 10.9. The lowest BCUT2D eigenvalue weighted by Crippen LogP contribution is -2.33. The largest absolute Gasteiger partial charge is 0.490 e. The summed E-state index contributed by atoms with van der Waals surface area (Å²) in [7, 11) is -16.7. The topological polar surface area (TPSA) is 279 Å². The first kappa shape index (κ1) is 25.6. The van der Waals surface area contributed by atoms with E-state index >= 15 is 0 Å². The third-order valence-corrected chi connectivity index (χ3v) is 7.89. The van der Waals surface area contributed by atoms with Crippen molar-refractivity contribution in [3.05, 3.63) is 11.5 Å². The minimum absolute atomic E-state index is 0.0345. The van der Waals surface area contributed by atoms with Gasteiger partial charge in [0.1, 0.15) is 23.8 Å². The van der Waals surface area contributed by atoms with E-state index in [0.717, 1.165) is 10.9 Å². The molecule has 3 rings (SSSR count). The van der Waals surface area contributed by atoms with Crippen molar-refractivity contribution in [2.75, 3.05) is 12.3 Å². The second-order valence-electron chi connectivity index (χ2n) is 6.13. The number of aliphatic hydroxyl groups excluding tert-OH is 2. The lowest BCUT2D eigenvalue weighted by Gasteiger charge is -2.19. The minimum Gasteiger partial charge on any atom is -0.387 e. The van der Waals surface area contributed by atoms with Gasteiger partial charge in [-0.1, -0.05) is 11.6 Å². The molecule has 8 N–H and O–H groups in total. The van der Waals surface area contributed by atoms with Gasteiger partial charge in [-0.15, -0.1) is 0 Å². The quantitative estimate of drug-likeness (QED) is 0.156. The van der Waals surface area contributed by atoms with Crippen LogP contribution in [0.4, 0.5) is 5.95 Å². The van der Waals surface area contributed by atoms with Gasteiger partial charge >= 0.3 is 23.5 Å². The molecule has 6 atom stereocenters. The van der Waals surface area contributed by atoms with Crippen molar-refractivity contribution >= 4 is 52.2 Å². The number of anilines is 1. The van der Waals surface area contributed by atoms with E-state index in [2.05, 4.69) is 28.1 Å². The molecule has 22 heteroatoms. The van der Waals surface area contributed by atoms with Gasteiger partial charge in [0, 0.05) is 0 Å². The summed E-state index contributed by atoms with van der Waals surface area (Å²) >= 11 is 5.91. The van der Waals surface area contributed by atoms with E-state index in [-0.39, 0.29) is 22.3 Å². The highest BCUT2D eigenvalue weighted by Crippen LogP contribution is 2.66. The lowest BCUT2D eigenvalue weighted by atomic mass is 10.1. The molecule has 1 saturated heterocycles. The number of phosphoric acid groups is 3. The Morgan fingerprint density at radius 3 is 2.38 bits per heavy atom. The number of halogens is 1. The highest BCUT2D eigenvalue weighted by molar-refractivity contribution is 7.66. The molecule has 1 aliphatic heterocycles. The van der Waals surface area contributed by atoms with Crippen molar-refractivity contribution in [3.63, 3.8) is 0 Å². The van der Waals surface area contributed by atoms with Gasteiger partial charge in [-0.05, 0) is 0 Å². The molecule has 0 bridgehead atoms. The first-order valence-electron chi connectivity index (χ1n) is 8.04. The van der Waals surface area contributed by atoms with Crippen LogP contribution in [0.15, 0.2) is 6.33 Å². The average molecular weight is 542 g/mol. The van der Waals surface area contributed by atoms with Gasteiger partial charge in [-0.2, -0.15) is 18.6 Å². The minimum atomic E-state index is -5.72. The second kappa shape index (κ2) is 8.94. The van der Waals surface area contributed by atoms with Crippen LogP contribution in [0.2, 0.25) is 5.15 Å². The number of aliphatic hydroxyl groups is 2. The Balaban J connectivity index is 1.72. The SMILES string of the molecule is Nc1nc(Cl)c2ncn([C@@H]3O[C@H](COP(=O)(O)OP(=O)(O)OP(=O)(O)O)[C@H](O)C3O)c2n1. The number of nitrogens with zero attached hydrogens (tertiary/aromatic N) is 4. The molecule has 0 saturated carbocycles. The number of hydrogen-bond acceptors (Lipinski definition) is 13. The lowest BCUT2D eigenvalue weighted by molar-refractivity contribution is -0.0503. The monoisotopic (exact) mass is 541 g/mol. The van der Waals surface area contributed by atoms with Crippen molar-refractivity contribution < 1.29 is 61.4 Å². The highest BCUT2D eigenvalue weighted by atomic mass is 35.5. The zero-order valence-corrected chi connectivity index (χ0v) is 18.7. The van der Waals surface area contributed by atoms with Gasteiger partial charge < -0.3 is 40.3 Å². The van der Waals surface area contributed by atoms with Crippen LogP contribution >= 0.6 is 35.1 Å². The van der Waals surface area contributed by atoms with Crippen LogP contribution in [-0.4, -0.2) is 74.2 Å². The Morgan fingerprint density at radius 1 is 1.09 bits per heavy atom. The number of phosphoric ester groups is 1. The summed E-state index contributed by atoms with van der Waals surface area (Å²) in [5, 5.41) is 20.4. The van der Waals surface area contributed by atoms with Crippen molar-refractivity contribution in [1.82, 2.24) is 19.5 Å². The first-order chi connectivity index (χ1) is 14.6. The van der Waals surface area contributed by atoms with Gasteiger partial charge in [0.15, 0.2) is 17.0 Å². The zero-order chi connectivity index (χ0) is 24.1. The Morgan fingerprint density at radius 2 is 1.75 bits per heavy atom. The maximum atomic E-state index is 11.8. The number of aromatic nitrogens is 4. The molecule has 0 spiro atoms. The Labute approximate surface area is 182 Å². The van der Waals surface area contributed by atoms with E-state index in [1.165, 1.54) is 0 Å². The Bertz CT molecular complexity index is 1160. The van der Waals surface area contributed by atoms with E-state index in [0.29, 0.717) is 0 Å². The summed E-state index contributed by atoms with van der Waals surface area (Å²) in [5.41, 5.74) is 5.66. The van der Waals surface area contributed by atoms with Crippen molar-refractivity contribution in [1.29, 1.82) is 0 Å². The molecule has 3 heterocycles. The maximum absolute atomic E-state index is 11.8. The smallest absolute Gasteiger partial charge is 0.387 e. The molecule has 3 unspecified atom stereocenters. The number of rotatable bonds is 8. The maximum Gasteiger partial charge on any atom is 0.490 e. The summed E-state index contributed by atoms with van der Waals surface area (Å²) in [6.45, 7) is -0.983. The number of hydrogen-bond donors (Lipinski definition) is 7. The fourth-order valence-corrected chi connectivity index (χ4v) is 5.90.